The van der Waals surface area contributed by atoms with Crippen LogP contribution in [0.5, 0.6) is 0 Å². The normalized spacial score (nSPS) is 21.4. The van der Waals surface area contributed by atoms with E-state index in [0.717, 1.165) is 18.1 Å². The van der Waals surface area contributed by atoms with E-state index in [2.05, 4.69) is 41.7 Å². The molecule has 1 atom stereocenters. The maximum Gasteiger partial charge on any atom is 0.410 e. The second-order valence-electron chi connectivity index (χ2n) is 8.64. The lowest BCUT2D eigenvalue weighted by molar-refractivity contribution is 0.0218. The quantitative estimate of drug-likeness (QED) is 0.801. The Morgan fingerprint density at radius 2 is 1.96 bits per heavy atom. The minimum Gasteiger partial charge on any atom is -0.444 e. The van der Waals surface area contributed by atoms with Gasteiger partial charge in [-0.1, -0.05) is 6.08 Å². The first-order chi connectivity index (χ1) is 12.7. The molecule has 1 aromatic rings. The molecule has 1 saturated heterocycles. The van der Waals surface area contributed by atoms with Crippen molar-refractivity contribution in [1.29, 1.82) is 0 Å². The summed E-state index contributed by atoms with van der Waals surface area (Å²) in [4.78, 5) is 25.7. The Labute approximate surface area is 162 Å². The van der Waals surface area contributed by atoms with Crippen LogP contribution in [0.3, 0.4) is 0 Å². The maximum absolute atomic E-state index is 12.4. The van der Waals surface area contributed by atoms with E-state index in [-0.39, 0.29) is 12.1 Å². The van der Waals surface area contributed by atoms with Gasteiger partial charge in [-0.3, -0.25) is 0 Å². The van der Waals surface area contributed by atoms with E-state index in [9.17, 15) is 4.79 Å². The first-order valence-corrected chi connectivity index (χ1v) is 9.94. The molecule has 0 radical (unpaired) electrons. The van der Waals surface area contributed by atoms with Crippen molar-refractivity contribution in [3.63, 3.8) is 0 Å². The Morgan fingerprint density at radius 1 is 1.26 bits per heavy atom. The van der Waals surface area contributed by atoms with Crippen molar-refractivity contribution >= 4 is 17.5 Å². The summed E-state index contributed by atoms with van der Waals surface area (Å²) in [5.41, 5.74) is 3.10. The van der Waals surface area contributed by atoms with Gasteiger partial charge in [0.1, 0.15) is 17.7 Å². The summed E-state index contributed by atoms with van der Waals surface area (Å²) in [7, 11) is 0. The van der Waals surface area contributed by atoms with Gasteiger partial charge in [0.25, 0.3) is 0 Å². The third-order valence-electron chi connectivity index (χ3n) is 5.18. The third kappa shape index (κ3) is 4.42. The second kappa shape index (κ2) is 7.49. The van der Waals surface area contributed by atoms with Crippen LogP contribution in [0.25, 0.3) is 5.57 Å². The number of aromatic nitrogens is 2. The first-order valence-electron chi connectivity index (χ1n) is 9.94. The summed E-state index contributed by atoms with van der Waals surface area (Å²) < 4.78 is 5.54. The van der Waals surface area contributed by atoms with E-state index < -0.39 is 5.60 Å². The fourth-order valence-electron chi connectivity index (χ4n) is 3.76. The number of anilines is 1. The standard InChI is InChI=1S/C21H32N4O2/c1-7-17(16-8-9-16)18-15(3)22-13-23-19(18)25-11-10-24(12-14(25)2)20(26)27-21(4,5)6/h7,13-14,16H,8-12H2,1-6H3/b17-7-. The van der Waals surface area contributed by atoms with Crippen molar-refractivity contribution in [1.82, 2.24) is 14.9 Å². The van der Waals surface area contributed by atoms with Crippen LogP contribution in [0.2, 0.25) is 0 Å². The van der Waals surface area contributed by atoms with Crippen LogP contribution in [0, 0.1) is 12.8 Å². The molecule has 2 heterocycles. The lowest BCUT2D eigenvalue weighted by atomic mass is 9.99. The van der Waals surface area contributed by atoms with Crippen molar-refractivity contribution in [3.05, 3.63) is 23.7 Å². The largest absolute Gasteiger partial charge is 0.444 e. The fraction of sp³-hybridized carbons (Fsp3) is 0.667. The van der Waals surface area contributed by atoms with Crippen LogP contribution in [-0.2, 0) is 4.74 Å². The number of ether oxygens (including phenoxy) is 1. The van der Waals surface area contributed by atoms with E-state index in [1.54, 1.807) is 11.2 Å². The van der Waals surface area contributed by atoms with E-state index in [4.69, 9.17) is 4.74 Å². The fourth-order valence-corrected chi connectivity index (χ4v) is 3.76. The predicted octanol–water partition coefficient (Wildman–Crippen LogP) is 4.04. The number of aryl methyl sites for hydroxylation is 1. The van der Waals surface area contributed by atoms with Crippen LogP contribution in [-0.4, -0.2) is 52.2 Å². The molecule has 0 N–H and O–H groups in total. The van der Waals surface area contributed by atoms with E-state index in [0.29, 0.717) is 19.0 Å². The van der Waals surface area contributed by atoms with Gasteiger partial charge >= 0.3 is 6.09 Å². The minimum atomic E-state index is -0.473. The molecule has 6 heteroatoms. The molecule has 0 bridgehead atoms. The van der Waals surface area contributed by atoms with Crippen LogP contribution in [0.1, 0.15) is 58.7 Å². The first kappa shape index (κ1) is 19.6. The van der Waals surface area contributed by atoms with Gasteiger partial charge in [0.15, 0.2) is 0 Å². The van der Waals surface area contributed by atoms with Gasteiger partial charge in [-0.2, -0.15) is 0 Å². The Balaban J connectivity index is 1.81. The highest BCUT2D eigenvalue weighted by Crippen LogP contribution is 2.45. The Hall–Kier alpha value is -2.11. The number of allylic oxidation sites excluding steroid dienone is 2. The van der Waals surface area contributed by atoms with E-state index in [1.165, 1.54) is 24.0 Å². The zero-order valence-corrected chi connectivity index (χ0v) is 17.5. The number of piperazine rings is 1. The summed E-state index contributed by atoms with van der Waals surface area (Å²) in [5.74, 6) is 1.63. The highest BCUT2D eigenvalue weighted by atomic mass is 16.6. The van der Waals surface area contributed by atoms with Crippen molar-refractivity contribution < 1.29 is 9.53 Å². The van der Waals surface area contributed by atoms with Crippen molar-refractivity contribution in [2.24, 2.45) is 5.92 Å². The van der Waals surface area contributed by atoms with Gasteiger partial charge in [0.2, 0.25) is 0 Å². The molecule has 3 rings (SSSR count). The van der Waals surface area contributed by atoms with Gasteiger partial charge in [0.05, 0.1) is 5.69 Å². The number of rotatable bonds is 3. The molecule has 1 saturated carbocycles. The van der Waals surface area contributed by atoms with E-state index in [1.807, 2.05) is 20.8 Å². The summed E-state index contributed by atoms with van der Waals surface area (Å²) >= 11 is 0. The Morgan fingerprint density at radius 3 is 2.52 bits per heavy atom. The zero-order chi connectivity index (χ0) is 19.8. The molecule has 6 nitrogen and oxygen atoms in total. The number of nitrogens with zero attached hydrogens (tertiary/aromatic N) is 4. The molecule has 148 valence electrons. The molecule has 1 aliphatic heterocycles. The van der Waals surface area contributed by atoms with Crippen molar-refractivity contribution in [2.45, 2.75) is 66.0 Å². The van der Waals surface area contributed by atoms with Crippen molar-refractivity contribution in [3.8, 4) is 0 Å². The number of carbonyl (C=O) groups excluding carboxylic acids is 1. The summed E-state index contributed by atoms with van der Waals surface area (Å²) in [6, 6.07) is 0.164. The molecule has 0 spiro atoms. The van der Waals surface area contributed by atoms with Gasteiger partial charge in [0, 0.05) is 31.2 Å². The number of carbonyl (C=O) groups is 1. The SMILES string of the molecule is C/C=C(\c1c(C)ncnc1N1CCN(C(=O)OC(C)(C)C)CC1C)C1CC1. The molecule has 1 aromatic heterocycles. The average Bonchev–Trinajstić information content (AvgIpc) is 3.40. The Bertz CT molecular complexity index is 734. The van der Waals surface area contributed by atoms with E-state index >= 15 is 0 Å². The summed E-state index contributed by atoms with van der Waals surface area (Å²) in [6.45, 7) is 14.0. The smallest absolute Gasteiger partial charge is 0.410 e. The van der Waals surface area contributed by atoms with Crippen molar-refractivity contribution in [2.75, 3.05) is 24.5 Å². The van der Waals surface area contributed by atoms with Crippen LogP contribution in [0.15, 0.2) is 12.4 Å². The lowest BCUT2D eigenvalue weighted by Gasteiger charge is -2.41. The molecule has 2 aliphatic rings. The van der Waals surface area contributed by atoms with Gasteiger partial charge in [-0.05, 0) is 65.9 Å². The molecule has 1 aliphatic carbocycles. The van der Waals surface area contributed by atoms with Gasteiger partial charge in [-0.15, -0.1) is 0 Å². The molecular weight excluding hydrogens is 340 g/mol. The minimum absolute atomic E-state index is 0.164. The Kier molecular flexibility index (Phi) is 5.45. The number of hydrogen-bond donors (Lipinski definition) is 0. The molecular formula is C21H32N4O2. The molecule has 2 fully saturated rings. The summed E-state index contributed by atoms with van der Waals surface area (Å²) in [5, 5.41) is 0. The second-order valence-corrected chi connectivity index (χ2v) is 8.64. The molecule has 1 amide bonds. The predicted molar refractivity (Wildman–Crippen MR) is 108 cm³/mol. The average molecular weight is 373 g/mol. The van der Waals surface area contributed by atoms with Gasteiger partial charge < -0.3 is 14.5 Å². The lowest BCUT2D eigenvalue weighted by Crippen LogP contribution is -2.55. The molecule has 27 heavy (non-hydrogen) atoms. The highest BCUT2D eigenvalue weighted by Gasteiger charge is 2.34. The van der Waals surface area contributed by atoms with Crippen LogP contribution in [0.4, 0.5) is 10.6 Å². The van der Waals surface area contributed by atoms with Gasteiger partial charge in [-0.25, -0.2) is 14.8 Å². The van der Waals surface area contributed by atoms with Crippen LogP contribution >= 0.6 is 0 Å². The topological polar surface area (TPSA) is 58.6 Å². The highest BCUT2D eigenvalue weighted by molar-refractivity contribution is 5.79. The van der Waals surface area contributed by atoms with Crippen LogP contribution < -0.4 is 4.90 Å². The number of hydrogen-bond acceptors (Lipinski definition) is 5. The monoisotopic (exact) mass is 372 g/mol. The molecule has 0 aromatic carbocycles. The number of amides is 1. The zero-order valence-electron chi connectivity index (χ0n) is 17.5. The maximum atomic E-state index is 12.4. The third-order valence-corrected chi connectivity index (χ3v) is 5.18. The molecule has 1 unspecified atom stereocenters. The summed E-state index contributed by atoms with van der Waals surface area (Å²) in [6.07, 6.45) is 6.13.